The Balaban J connectivity index is 2.69. The van der Waals surface area contributed by atoms with E-state index in [1.807, 2.05) is 6.92 Å². The summed E-state index contributed by atoms with van der Waals surface area (Å²) in [4.78, 5) is 0.312. The van der Waals surface area contributed by atoms with Crippen LogP contribution in [0.2, 0.25) is 0 Å². The minimum Gasteiger partial charge on any atom is -0.211 e. The number of nitrogens with one attached hydrogen (secondary N) is 1. The van der Waals surface area contributed by atoms with E-state index in [0.29, 0.717) is 11.4 Å². The summed E-state index contributed by atoms with van der Waals surface area (Å²) in [5, 5.41) is 0.782. The van der Waals surface area contributed by atoms with Crippen molar-refractivity contribution in [2.75, 3.05) is 11.9 Å². The van der Waals surface area contributed by atoms with E-state index in [4.69, 9.17) is 0 Å². The minimum absolute atomic E-state index is 0.281. The molecule has 0 fully saturated rings. The van der Waals surface area contributed by atoms with Crippen LogP contribution in [0.15, 0.2) is 35.2 Å². The normalized spacial score (nSPS) is 13.7. The van der Waals surface area contributed by atoms with E-state index in [1.165, 1.54) is 0 Å². The largest absolute Gasteiger partial charge is 0.240 e. The van der Waals surface area contributed by atoms with Gasteiger partial charge in [-0.25, -0.2) is 13.1 Å². The van der Waals surface area contributed by atoms with Crippen molar-refractivity contribution in [1.29, 1.82) is 0 Å². The molecule has 0 amide bonds. The number of hydrogen-bond acceptors (Lipinski definition) is 2. The van der Waals surface area contributed by atoms with Gasteiger partial charge in [0.25, 0.3) is 0 Å². The number of hydrogen-bond donors (Lipinski definition) is 1. The first-order valence-corrected chi connectivity index (χ1v) is 7.27. The second-order valence-electron chi connectivity index (χ2n) is 3.42. The number of sulfonamides is 1. The maximum Gasteiger partial charge on any atom is 0.240 e. The quantitative estimate of drug-likeness (QED) is 0.844. The number of alkyl halides is 1. The fourth-order valence-electron chi connectivity index (χ4n) is 0.990. The van der Waals surface area contributed by atoms with Gasteiger partial charge in [-0.3, -0.25) is 0 Å². The molecule has 0 aliphatic heterocycles. The van der Waals surface area contributed by atoms with Gasteiger partial charge in [-0.15, -0.1) is 0 Å². The highest BCUT2D eigenvalue weighted by atomic mass is 79.9. The zero-order chi connectivity index (χ0) is 11.3. The smallest absolute Gasteiger partial charge is 0.211 e. The maximum atomic E-state index is 11.7. The Hall–Kier alpha value is -0.390. The fraction of sp³-hybridized carbons (Fsp3) is 0.400. The van der Waals surface area contributed by atoms with Crippen molar-refractivity contribution in [3.63, 3.8) is 0 Å². The summed E-state index contributed by atoms with van der Waals surface area (Å²) in [6.07, 6.45) is 0. The van der Waals surface area contributed by atoms with Crippen molar-refractivity contribution in [2.45, 2.75) is 11.8 Å². The van der Waals surface area contributed by atoms with E-state index in [0.717, 1.165) is 5.33 Å². The molecular formula is C10H14BrNO2S. The van der Waals surface area contributed by atoms with Crippen molar-refractivity contribution in [3.8, 4) is 0 Å². The molecule has 1 aromatic carbocycles. The van der Waals surface area contributed by atoms with Gasteiger partial charge in [0.1, 0.15) is 0 Å². The molecular weight excluding hydrogens is 278 g/mol. The number of benzene rings is 1. The molecule has 0 spiro atoms. The molecule has 5 heteroatoms. The third-order valence-electron chi connectivity index (χ3n) is 1.94. The Morgan fingerprint density at radius 1 is 1.33 bits per heavy atom. The molecule has 1 N–H and O–H groups in total. The van der Waals surface area contributed by atoms with Crippen LogP contribution in [0, 0.1) is 5.92 Å². The highest BCUT2D eigenvalue weighted by Crippen LogP contribution is 2.08. The maximum absolute atomic E-state index is 11.7. The first-order chi connectivity index (χ1) is 7.06. The van der Waals surface area contributed by atoms with Gasteiger partial charge in [-0.2, -0.15) is 0 Å². The molecule has 1 rings (SSSR count). The van der Waals surface area contributed by atoms with Gasteiger partial charge >= 0.3 is 0 Å². The first kappa shape index (κ1) is 12.7. The zero-order valence-corrected chi connectivity index (χ0v) is 10.9. The van der Waals surface area contributed by atoms with Crippen LogP contribution in [0.5, 0.6) is 0 Å². The summed E-state index contributed by atoms with van der Waals surface area (Å²) in [5.41, 5.74) is 0. The second kappa shape index (κ2) is 5.63. The molecule has 0 aliphatic carbocycles. The average Bonchev–Trinajstić information content (AvgIpc) is 2.27. The van der Waals surface area contributed by atoms with E-state index in [2.05, 4.69) is 20.7 Å². The van der Waals surface area contributed by atoms with Crippen molar-refractivity contribution < 1.29 is 8.42 Å². The Bertz CT molecular complexity index is 391. The average molecular weight is 292 g/mol. The van der Waals surface area contributed by atoms with Crippen LogP contribution in [0.25, 0.3) is 0 Å². The zero-order valence-electron chi connectivity index (χ0n) is 8.48. The lowest BCUT2D eigenvalue weighted by Crippen LogP contribution is -2.28. The molecule has 0 aliphatic rings. The topological polar surface area (TPSA) is 46.2 Å². The van der Waals surface area contributed by atoms with Crippen LogP contribution >= 0.6 is 15.9 Å². The summed E-state index contributed by atoms with van der Waals surface area (Å²) < 4.78 is 26.0. The van der Waals surface area contributed by atoms with Crippen molar-refractivity contribution in [2.24, 2.45) is 5.92 Å². The summed E-state index contributed by atoms with van der Waals surface area (Å²) in [6.45, 7) is 2.42. The van der Waals surface area contributed by atoms with Crippen molar-refractivity contribution >= 4 is 26.0 Å². The van der Waals surface area contributed by atoms with Crippen molar-refractivity contribution in [3.05, 3.63) is 30.3 Å². The lowest BCUT2D eigenvalue weighted by Gasteiger charge is -2.09. The van der Waals surface area contributed by atoms with E-state index in [1.54, 1.807) is 30.3 Å². The third-order valence-corrected chi connectivity index (χ3v) is 4.48. The van der Waals surface area contributed by atoms with Crippen LogP contribution in [-0.2, 0) is 10.0 Å². The highest BCUT2D eigenvalue weighted by molar-refractivity contribution is 9.09. The summed E-state index contributed by atoms with van der Waals surface area (Å²) in [7, 11) is -3.34. The Labute approximate surface area is 99.1 Å². The highest BCUT2D eigenvalue weighted by Gasteiger charge is 2.13. The molecule has 1 aromatic rings. The lowest BCUT2D eigenvalue weighted by molar-refractivity contribution is 0.563. The molecule has 0 heterocycles. The van der Waals surface area contributed by atoms with Crippen LogP contribution < -0.4 is 4.72 Å². The molecule has 0 aromatic heterocycles. The van der Waals surface area contributed by atoms with Crippen LogP contribution in [0.3, 0.4) is 0 Å². The van der Waals surface area contributed by atoms with E-state index < -0.39 is 10.0 Å². The minimum atomic E-state index is -3.34. The monoisotopic (exact) mass is 291 g/mol. The summed E-state index contributed by atoms with van der Waals surface area (Å²) in [6, 6.07) is 8.38. The molecule has 0 saturated carbocycles. The molecule has 3 nitrogen and oxygen atoms in total. The fourth-order valence-corrected chi connectivity index (χ4v) is 2.40. The lowest BCUT2D eigenvalue weighted by atomic mass is 10.2. The predicted molar refractivity (Wildman–Crippen MR) is 64.6 cm³/mol. The second-order valence-corrected chi connectivity index (χ2v) is 5.84. The van der Waals surface area contributed by atoms with E-state index in [9.17, 15) is 8.42 Å². The summed E-state index contributed by atoms with van der Waals surface area (Å²) >= 11 is 3.30. The summed E-state index contributed by atoms with van der Waals surface area (Å²) in [5.74, 6) is 0.281. The first-order valence-electron chi connectivity index (χ1n) is 4.67. The van der Waals surface area contributed by atoms with E-state index >= 15 is 0 Å². The van der Waals surface area contributed by atoms with Gasteiger partial charge in [-0.05, 0) is 18.1 Å². The van der Waals surface area contributed by atoms with Crippen LogP contribution in [-0.4, -0.2) is 20.3 Å². The van der Waals surface area contributed by atoms with Gasteiger partial charge < -0.3 is 0 Å². The third kappa shape index (κ3) is 3.93. The van der Waals surface area contributed by atoms with Gasteiger partial charge in [0.15, 0.2) is 0 Å². The van der Waals surface area contributed by atoms with Crippen LogP contribution in [0.1, 0.15) is 6.92 Å². The van der Waals surface area contributed by atoms with Gasteiger partial charge in [0.2, 0.25) is 10.0 Å². The molecule has 0 saturated heterocycles. The van der Waals surface area contributed by atoms with Gasteiger partial charge in [-0.1, -0.05) is 41.1 Å². The van der Waals surface area contributed by atoms with Gasteiger partial charge in [0, 0.05) is 11.9 Å². The Morgan fingerprint density at radius 3 is 2.47 bits per heavy atom. The number of rotatable bonds is 5. The number of halogens is 1. The molecule has 0 radical (unpaired) electrons. The van der Waals surface area contributed by atoms with Crippen LogP contribution in [0.4, 0.5) is 0 Å². The molecule has 1 atom stereocenters. The molecule has 15 heavy (non-hydrogen) atoms. The van der Waals surface area contributed by atoms with Gasteiger partial charge in [0.05, 0.1) is 4.90 Å². The Kier molecular flexibility index (Phi) is 4.76. The molecule has 0 bridgehead atoms. The predicted octanol–water partition coefficient (Wildman–Crippen LogP) is 2.00. The van der Waals surface area contributed by atoms with Crippen molar-refractivity contribution in [1.82, 2.24) is 4.72 Å². The standard InChI is InChI=1S/C10H14BrNO2S/c1-9(7-11)8-12-15(13,14)10-5-3-2-4-6-10/h2-6,9,12H,7-8H2,1H3. The SMILES string of the molecule is CC(CBr)CNS(=O)(=O)c1ccccc1. The Morgan fingerprint density at radius 2 is 1.93 bits per heavy atom. The van der Waals surface area contributed by atoms with E-state index in [-0.39, 0.29) is 5.92 Å². The molecule has 84 valence electrons. The molecule has 1 unspecified atom stereocenters.